The van der Waals surface area contributed by atoms with Crippen LogP contribution >= 0.6 is 23.8 Å². The van der Waals surface area contributed by atoms with Gasteiger partial charge in [-0.05, 0) is 12.1 Å². The van der Waals surface area contributed by atoms with Gasteiger partial charge in [-0.2, -0.15) is 0 Å². The van der Waals surface area contributed by atoms with E-state index in [1.807, 2.05) is 0 Å². The van der Waals surface area contributed by atoms with Crippen molar-refractivity contribution >= 4 is 44.5 Å². The van der Waals surface area contributed by atoms with Gasteiger partial charge in [-0.25, -0.2) is 8.42 Å². The topological polar surface area (TPSA) is 72.2 Å². The van der Waals surface area contributed by atoms with Gasteiger partial charge in [0.05, 0.1) is 15.7 Å². The highest BCUT2D eigenvalue weighted by Gasteiger charge is 2.13. The van der Waals surface area contributed by atoms with Crippen LogP contribution in [0.15, 0.2) is 24.3 Å². The van der Waals surface area contributed by atoms with Crippen LogP contribution in [-0.4, -0.2) is 19.2 Å². The molecule has 0 atom stereocenters. The lowest BCUT2D eigenvalue weighted by Gasteiger charge is -2.08. The van der Waals surface area contributed by atoms with Gasteiger partial charge in [0.15, 0.2) is 0 Å². The molecule has 0 radical (unpaired) electrons. The molecule has 0 unspecified atom stereocenters. The van der Waals surface area contributed by atoms with E-state index in [9.17, 15) is 8.42 Å². The Morgan fingerprint density at radius 1 is 1.47 bits per heavy atom. The lowest BCUT2D eigenvalue weighted by atomic mass is 10.3. The summed E-state index contributed by atoms with van der Waals surface area (Å²) in [5.41, 5.74) is 5.46. The predicted octanol–water partition coefficient (Wildman–Crippen LogP) is 1.37. The maximum absolute atomic E-state index is 11.4. The Hall–Kier alpha value is -0.850. The number of anilines is 1. The molecule has 3 N–H and O–H groups in total. The van der Waals surface area contributed by atoms with Crippen molar-refractivity contribution in [3.63, 3.8) is 0 Å². The number of sulfonamides is 1. The molecule has 4 nitrogen and oxygen atoms in total. The summed E-state index contributed by atoms with van der Waals surface area (Å²) in [7, 11) is -3.56. The van der Waals surface area contributed by atoms with Gasteiger partial charge in [0.1, 0.15) is 5.75 Å². The van der Waals surface area contributed by atoms with Crippen LogP contribution in [0.2, 0.25) is 5.02 Å². The first kappa shape index (κ1) is 12.2. The van der Waals surface area contributed by atoms with Gasteiger partial charge in [0, 0.05) is 0 Å². The van der Waals surface area contributed by atoms with E-state index in [0.717, 1.165) is 0 Å². The highest BCUT2D eigenvalue weighted by Crippen LogP contribution is 2.21. The first-order valence-electron chi connectivity index (χ1n) is 3.94. The molecule has 0 aliphatic carbocycles. The van der Waals surface area contributed by atoms with E-state index in [4.69, 9.17) is 17.3 Å². The zero-order chi connectivity index (χ0) is 11.5. The predicted molar refractivity (Wildman–Crippen MR) is 65.6 cm³/mol. The van der Waals surface area contributed by atoms with Crippen molar-refractivity contribution in [2.45, 2.75) is 0 Å². The zero-order valence-corrected chi connectivity index (χ0v) is 9.99. The second kappa shape index (κ2) is 4.78. The van der Waals surface area contributed by atoms with Crippen molar-refractivity contribution in [3.05, 3.63) is 29.3 Å². The maximum atomic E-state index is 11.4. The number of thiocarbonyl (C=S) groups is 1. The number of rotatable bonds is 4. The van der Waals surface area contributed by atoms with Crippen LogP contribution in [0.25, 0.3) is 0 Å². The third-order valence-corrected chi connectivity index (χ3v) is 3.35. The number of hydrogen-bond acceptors (Lipinski definition) is 3. The van der Waals surface area contributed by atoms with Gasteiger partial charge < -0.3 is 5.73 Å². The fourth-order valence-electron chi connectivity index (χ4n) is 0.935. The summed E-state index contributed by atoms with van der Waals surface area (Å²) in [6.45, 7) is 0. The molecule has 82 valence electrons. The van der Waals surface area contributed by atoms with Gasteiger partial charge >= 0.3 is 0 Å². The largest absolute Gasteiger partial charge is 0.392 e. The number of benzene rings is 1. The molecule has 0 saturated heterocycles. The van der Waals surface area contributed by atoms with E-state index >= 15 is 0 Å². The quantitative estimate of drug-likeness (QED) is 0.806. The first-order valence-corrected chi connectivity index (χ1v) is 6.38. The smallest absolute Gasteiger partial charge is 0.239 e. The molecule has 0 aliphatic heterocycles. The summed E-state index contributed by atoms with van der Waals surface area (Å²) in [5.74, 6) is -0.395. The minimum absolute atomic E-state index is 0.0884. The fourth-order valence-corrected chi connectivity index (χ4v) is 2.60. The summed E-state index contributed by atoms with van der Waals surface area (Å²) >= 11 is 10.3. The van der Waals surface area contributed by atoms with Gasteiger partial charge in [-0.1, -0.05) is 36.0 Å². The number of nitrogens with two attached hydrogens (primary N) is 1. The van der Waals surface area contributed by atoms with E-state index < -0.39 is 15.8 Å². The van der Waals surface area contributed by atoms with Crippen LogP contribution in [0.1, 0.15) is 0 Å². The van der Waals surface area contributed by atoms with Crippen LogP contribution in [0.4, 0.5) is 5.69 Å². The lowest BCUT2D eigenvalue weighted by molar-refractivity contribution is 0.605. The molecule has 0 fully saturated rings. The Bertz CT molecular complexity index is 473. The molecule has 1 rings (SSSR count). The van der Waals surface area contributed by atoms with E-state index in [2.05, 4.69) is 16.9 Å². The number of para-hydroxylation sites is 1. The number of hydrogen-bond donors (Lipinski definition) is 2. The molecule has 0 aliphatic rings. The minimum atomic E-state index is -3.56. The van der Waals surface area contributed by atoms with Crippen LogP contribution < -0.4 is 10.5 Å². The van der Waals surface area contributed by atoms with E-state index in [-0.39, 0.29) is 4.99 Å². The van der Waals surface area contributed by atoms with Gasteiger partial charge in [-0.15, -0.1) is 0 Å². The Morgan fingerprint density at radius 3 is 2.60 bits per heavy atom. The van der Waals surface area contributed by atoms with Crippen molar-refractivity contribution in [1.29, 1.82) is 0 Å². The van der Waals surface area contributed by atoms with E-state index in [1.54, 1.807) is 24.3 Å². The average Bonchev–Trinajstić information content (AvgIpc) is 2.06. The molecule has 1 aromatic rings. The molecule has 0 saturated carbocycles. The molecule has 0 heterocycles. The number of nitrogens with one attached hydrogen (secondary N) is 1. The van der Waals surface area contributed by atoms with Crippen molar-refractivity contribution in [3.8, 4) is 0 Å². The summed E-state index contributed by atoms with van der Waals surface area (Å²) in [4.78, 5) is -0.0884. The molecule has 7 heteroatoms. The van der Waals surface area contributed by atoms with Crippen molar-refractivity contribution in [2.75, 3.05) is 10.5 Å². The second-order valence-electron chi connectivity index (χ2n) is 2.81. The fraction of sp³-hybridized carbons (Fsp3) is 0.125. The van der Waals surface area contributed by atoms with E-state index in [1.165, 1.54) is 0 Å². The molecule has 1 aromatic carbocycles. The zero-order valence-electron chi connectivity index (χ0n) is 7.60. The van der Waals surface area contributed by atoms with Crippen molar-refractivity contribution < 1.29 is 8.42 Å². The maximum Gasteiger partial charge on any atom is 0.239 e. The summed E-state index contributed by atoms with van der Waals surface area (Å²) in [6, 6.07) is 6.51. The summed E-state index contributed by atoms with van der Waals surface area (Å²) in [6.07, 6.45) is 0. The van der Waals surface area contributed by atoms with Crippen LogP contribution in [0.5, 0.6) is 0 Å². The van der Waals surface area contributed by atoms with Gasteiger partial charge in [-0.3, -0.25) is 4.72 Å². The Labute approximate surface area is 98.5 Å². The molecule has 0 amide bonds. The van der Waals surface area contributed by atoms with Crippen molar-refractivity contribution in [1.82, 2.24) is 0 Å². The lowest BCUT2D eigenvalue weighted by Crippen LogP contribution is -2.26. The third kappa shape index (κ3) is 4.03. The molecular formula is C8H9ClN2O2S2. The van der Waals surface area contributed by atoms with Crippen LogP contribution in [0, 0.1) is 0 Å². The van der Waals surface area contributed by atoms with Crippen molar-refractivity contribution in [2.24, 2.45) is 5.73 Å². The third-order valence-electron chi connectivity index (χ3n) is 1.47. The normalized spacial score (nSPS) is 11.0. The molecule has 0 spiro atoms. The van der Waals surface area contributed by atoms with E-state index in [0.29, 0.717) is 10.7 Å². The monoisotopic (exact) mass is 264 g/mol. The molecule has 0 bridgehead atoms. The summed E-state index contributed by atoms with van der Waals surface area (Å²) < 4.78 is 25.1. The molecule has 15 heavy (non-hydrogen) atoms. The summed E-state index contributed by atoms with van der Waals surface area (Å²) in [5, 5.41) is 0.323. The SMILES string of the molecule is NC(=S)CS(=O)(=O)Nc1ccccc1Cl. The highest BCUT2D eigenvalue weighted by atomic mass is 35.5. The highest BCUT2D eigenvalue weighted by molar-refractivity contribution is 7.95. The Balaban J connectivity index is 2.87. The minimum Gasteiger partial charge on any atom is -0.392 e. The van der Waals surface area contributed by atoms with Crippen LogP contribution in [0.3, 0.4) is 0 Å². The standard InChI is InChI=1S/C8H9ClN2O2S2/c9-6-3-1-2-4-7(6)11-15(12,13)5-8(10)14/h1-4,11H,5H2,(H2,10,14). The Morgan fingerprint density at radius 2 is 2.07 bits per heavy atom. The average molecular weight is 265 g/mol. The first-order chi connectivity index (χ1) is 6.91. The number of halogens is 1. The van der Waals surface area contributed by atoms with Gasteiger partial charge in [0.25, 0.3) is 0 Å². The van der Waals surface area contributed by atoms with Gasteiger partial charge in [0.2, 0.25) is 10.0 Å². The van der Waals surface area contributed by atoms with Crippen LogP contribution in [-0.2, 0) is 10.0 Å². The Kier molecular flexibility index (Phi) is 3.90. The molecule has 0 aromatic heterocycles. The molecular weight excluding hydrogens is 256 g/mol. The second-order valence-corrected chi connectivity index (χ2v) is 5.46.